The molecular formula is C48H45N3O9. The van der Waals surface area contributed by atoms with Crippen molar-refractivity contribution in [1.29, 1.82) is 0 Å². The number of ether oxygens (including phenoxy) is 6. The molecule has 0 radical (unpaired) electrons. The number of carbonyl (C=O) groups is 3. The van der Waals surface area contributed by atoms with E-state index >= 15 is 0 Å². The van der Waals surface area contributed by atoms with Crippen LogP contribution in [0.2, 0.25) is 0 Å². The summed E-state index contributed by atoms with van der Waals surface area (Å²) in [6.07, 6.45) is -2.77. The Morgan fingerprint density at radius 2 is 0.600 bits per heavy atom. The molecule has 12 nitrogen and oxygen atoms in total. The standard InChI is InChI=1S/C48H45N3O9/c1-55-46(52)43(34-13-7-4-8-14-34)58-40-25-19-37(20-26-40)49-31-50(38-21-27-41(28-22-38)59-44(47(53)56-2)35-15-9-5-10-16-35)33-51(32-49)39-23-29-42(30-24-39)60-45(48(54)57-3)36-17-11-6-12-18-36/h4-30,43-45H,31-33H2,1-3H3. The van der Waals surface area contributed by atoms with Crippen molar-refractivity contribution in [2.45, 2.75) is 18.3 Å². The zero-order chi connectivity index (χ0) is 41.8. The number of rotatable bonds is 15. The van der Waals surface area contributed by atoms with Gasteiger partial charge in [-0.15, -0.1) is 0 Å². The Hall–Kier alpha value is -7.47. The van der Waals surface area contributed by atoms with E-state index < -0.39 is 36.2 Å². The number of nitrogens with zero attached hydrogens (tertiary/aromatic N) is 3. The van der Waals surface area contributed by atoms with E-state index in [0.29, 0.717) is 53.9 Å². The molecule has 6 aromatic rings. The fourth-order valence-corrected chi connectivity index (χ4v) is 6.82. The van der Waals surface area contributed by atoms with Gasteiger partial charge in [-0.05, 0) is 72.8 Å². The molecule has 3 unspecified atom stereocenters. The average molecular weight is 808 g/mol. The maximum absolute atomic E-state index is 12.7. The summed E-state index contributed by atoms with van der Waals surface area (Å²) < 4.78 is 33.6. The second-order valence-corrected chi connectivity index (χ2v) is 13.8. The van der Waals surface area contributed by atoms with Crippen LogP contribution in [0, 0.1) is 0 Å². The highest BCUT2D eigenvalue weighted by molar-refractivity contribution is 5.78. The summed E-state index contributed by atoms with van der Waals surface area (Å²) >= 11 is 0. The summed E-state index contributed by atoms with van der Waals surface area (Å²) in [5.41, 5.74) is 4.80. The molecule has 0 spiro atoms. The van der Waals surface area contributed by atoms with Gasteiger partial charge in [-0.3, -0.25) is 0 Å². The number of hydrogen-bond donors (Lipinski definition) is 0. The lowest BCUT2D eigenvalue weighted by Gasteiger charge is -2.45. The highest BCUT2D eigenvalue weighted by Crippen LogP contribution is 2.33. The van der Waals surface area contributed by atoms with Crippen LogP contribution >= 0.6 is 0 Å². The lowest BCUT2D eigenvalue weighted by molar-refractivity contribution is -0.150. The molecule has 3 atom stereocenters. The molecule has 6 aromatic carbocycles. The van der Waals surface area contributed by atoms with Crippen molar-refractivity contribution < 1.29 is 42.8 Å². The SMILES string of the molecule is COC(=O)C(Oc1ccc(N2CN(c3ccc(OC(C(=O)OC)c4ccccc4)cc3)CN(c3ccc(OC(C(=O)OC)c4ccccc4)cc3)C2)cc1)c1ccccc1. The van der Waals surface area contributed by atoms with E-state index in [1.165, 1.54) is 21.3 Å². The monoisotopic (exact) mass is 807 g/mol. The van der Waals surface area contributed by atoms with Gasteiger partial charge in [-0.1, -0.05) is 91.0 Å². The van der Waals surface area contributed by atoms with Gasteiger partial charge in [0, 0.05) is 33.8 Å². The van der Waals surface area contributed by atoms with Gasteiger partial charge in [-0.25, -0.2) is 14.4 Å². The number of esters is 3. The van der Waals surface area contributed by atoms with Crippen LogP contribution < -0.4 is 28.9 Å². The van der Waals surface area contributed by atoms with Crippen molar-refractivity contribution in [3.63, 3.8) is 0 Å². The first-order chi connectivity index (χ1) is 29.3. The van der Waals surface area contributed by atoms with Crippen LogP contribution in [0.15, 0.2) is 164 Å². The minimum atomic E-state index is -0.923. The highest BCUT2D eigenvalue weighted by atomic mass is 16.6. The average Bonchev–Trinajstić information content (AvgIpc) is 3.32. The zero-order valence-electron chi connectivity index (χ0n) is 33.5. The van der Waals surface area contributed by atoms with E-state index in [4.69, 9.17) is 28.4 Å². The molecular weight excluding hydrogens is 763 g/mol. The van der Waals surface area contributed by atoms with Gasteiger partial charge in [0.2, 0.25) is 18.3 Å². The van der Waals surface area contributed by atoms with Gasteiger partial charge >= 0.3 is 17.9 Å². The second kappa shape index (κ2) is 19.3. The predicted molar refractivity (Wildman–Crippen MR) is 227 cm³/mol. The van der Waals surface area contributed by atoms with Gasteiger partial charge in [0.05, 0.1) is 41.3 Å². The van der Waals surface area contributed by atoms with E-state index in [1.54, 1.807) is 0 Å². The topological polar surface area (TPSA) is 116 Å². The molecule has 306 valence electrons. The van der Waals surface area contributed by atoms with Gasteiger partial charge < -0.3 is 43.1 Å². The molecule has 1 aliphatic heterocycles. The molecule has 60 heavy (non-hydrogen) atoms. The first-order valence-corrected chi connectivity index (χ1v) is 19.3. The van der Waals surface area contributed by atoms with Crippen LogP contribution in [-0.2, 0) is 28.6 Å². The fourth-order valence-electron chi connectivity index (χ4n) is 6.82. The number of carbonyl (C=O) groups excluding carboxylic acids is 3. The zero-order valence-corrected chi connectivity index (χ0v) is 33.5. The van der Waals surface area contributed by atoms with Gasteiger partial charge in [-0.2, -0.15) is 0 Å². The summed E-state index contributed by atoms with van der Waals surface area (Å²) in [6.45, 7) is 1.58. The minimum Gasteiger partial charge on any atom is -0.474 e. The van der Waals surface area contributed by atoms with Gasteiger partial charge in [0.25, 0.3) is 0 Å². The number of methoxy groups -OCH3 is 3. The van der Waals surface area contributed by atoms with Crippen LogP contribution in [-0.4, -0.2) is 59.2 Å². The van der Waals surface area contributed by atoms with Crippen molar-refractivity contribution in [3.8, 4) is 17.2 Å². The van der Waals surface area contributed by atoms with Crippen molar-refractivity contribution in [2.24, 2.45) is 0 Å². The predicted octanol–water partition coefficient (Wildman–Crippen LogP) is 8.27. The van der Waals surface area contributed by atoms with E-state index in [9.17, 15) is 14.4 Å². The van der Waals surface area contributed by atoms with E-state index in [1.807, 2.05) is 164 Å². The molecule has 1 heterocycles. The third-order valence-electron chi connectivity index (χ3n) is 9.94. The Kier molecular flexibility index (Phi) is 13.1. The summed E-state index contributed by atoms with van der Waals surface area (Å²) in [7, 11) is 4.02. The Labute approximate surface area is 349 Å². The maximum Gasteiger partial charge on any atom is 0.351 e. The molecule has 0 aromatic heterocycles. The highest BCUT2D eigenvalue weighted by Gasteiger charge is 2.28. The van der Waals surface area contributed by atoms with Crippen molar-refractivity contribution >= 4 is 35.0 Å². The summed E-state index contributed by atoms with van der Waals surface area (Å²) in [5, 5.41) is 0. The molecule has 0 amide bonds. The summed E-state index contributed by atoms with van der Waals surface area (Å²) in [5.74, 6) is 0.0378. The fraction of sp³-hybridized carbons (Fsp3) is 0.188. The third kappa shape index (κ3) is 9.79. The van der Waals surface area contributed by atoms with Gasteiger partial charge in [0.15, 0.2) is 0 Å². The molecule has 0 N–H and O–H groups in total. The van der Waals surface area contributed by atoms with Crippen LogP contribution in [0.25, 0.3) is 0 Å². The van der Waals surface area contributed by atoms with E-state index in [2.05, 4.69) is 14.7 Å². The number of anilines is 3. The van der Waals surface area contributed by atoms with Crippen LogP contribution in [0.3, 0.4) is 0 Å². The molecule has 1 fully saturated rings. The Morgan fingerprint density at radius 3 is 0.817 bits per heavy atom. The van der Waals surface area contributed by atoms with Crippen LogP contribution in [0.5, 0.6) is 17.2 Å². The summed E-state index contributed by atoms with van der Waals surface area (Å²) in [6, 6.07) is 50.4. The molecule has 1 saturated heterocycles. The molecule has 0 bridgehead atoms. The first-order valence-electron chi connectivity index (χ1n) is 19.3. The largest absolute Gasteiger partial charge is 0.474 e. The quantitative estimate of drug-likeness (QED) is 0.0735. The summed E-state index contributed by atoms with van der Waals surface area (Å²) in [4.78, 5) is 44.8. The van der Waals surface area contributed by atoms with Crippen molar-refractivity contribution in [2.75, 3.05) is 56.0 Å². The van der Waals surface area contributed by atoms with Crippen molar-refractivity contribution in [3.05, 3.63) is 180 Å². The smallest absolute Gasteiger partial charge is 0.351 e. The molecule has 12 heteroatoms. The Morgan fingerprint density at radius 1 is 0.367 bits per heavy atom. The van der Waals surface area contributed by atoms with E-state index in [0.717, 1.165) is 17.1 Å². The minimum absolute atomic E-state index is 0.498. The Balaban J connectivity index is 1.13. The first kappa shape index (κ1) is 40.7. The third-order valence-corrected chi connectivity index (χ3v) is 9.94. The lowest BCUT2D eigenvalue weighted by atomic mass is 10.1. The molecule has 1 aliphatic rings. The number of benzene rings is 6. The molecule has 7 rings (SSSR count). The van der Waals surface area contributed by atoms with Crippen LogP contribution in [0.1, 0.15) is 35.0 Å². The number of hydrogen-bond acceptors (Lipinski definition) is 12. The van der Waals surface area contributed by atoms with Crippen LogP contribution in [0.4, 0.5) is 17.1 Å². The Bertz CT molecular complexity index is 2040. The maximum atomic E-state index is 12.7. The van der Waals surface area contributed by atoms with Crippen molar-refractivity contribution in [1.82, 2.24) is 0 Å². The van der Waals surface area contributed by atoms with Gasteiger partial charge in [0.1, 0.15) is 17.2 Å². The van der Waals surface area contributed by atoms with E-state index in [-0.39, 0.29) is 0 Å². The molecule has 0 saturated carbocycles. The molecule has 0 aliphatic carbocycles. The second-order valence-electron chi connectivity index (χ2n) is 13.8. The lowest BCUT2D eigenvalue weighted by Crippen LogP contribution is -2.55. The normalized spacial score (nSPS) is 13.9.